The Hall–Kier alpha value is -1.93. The molecule has 1 aliphatic rings. The van der Waals surface area contributed by atoms with Crippen LogP contribution in [0.25, 0.3) is 0 Å². The minimum Gasteiger partial charge on any atom is -0.376 e. The second-order valence-electron chi connectivity index (χ2n) is 4.88. The van der Waals surface area contributed by atoms with Gasteiger partial charge in [0, 0.05) is 19.3 Å². The molecule has 116 valence electrons. The molecule has 1 aliphatic heterocycles. The number of hydrogen-bond donors (Lipinski definition) is 3. The molecule has 1 aromatic heterocycles. The van der Waals surface area contributed by atoms with Crippen molar-refractivity contribution in [3.8, 4) is 0 Å². The lowest BCUT2D eigenvalue weighted by atomic mass is 10.1. The molecular weight excluding hydrogens is 278 g/mol. The highest BCUT2D eigenvalue weighted by atomic mass is 16.5. The van der Waals surface area contributed by atoms with Gasteiger partial charge in [-0.1, -0.05) is 0 Å². The van der Waals surface area contributed by atoms with Crippen LogP contribution in [-0.2, 0) is 20.8 Å². The zero-order valence-corrected chi connectivity index (χ0v) is 11.6. The van der Waals surface area contributed by atoms with Gasteiger partial charge in [-0.2, -0.15) is 0 Å². The summed E-state index contributed by atoms with van der Waals surface area (Å²) in [6, 6.07) is 0. The molecule has 0 saturated carbocycles. The normalized spacial score (nSPS) is 18.4. The fraction of sp³-hybridized carbons (Fsp3) is 0.615. The van der Waals surface area contributed by atoms with E-state index in [9.17, 15) is 14.4 Å². The van der Waals surface area contributed by atoms with E-state index in [-0.39, 0.29) is 30.7 Å². The molecule has 8 heteroatoms. The van der Waals surface area contributed by atoms with Gasteiger partial charge in [-0.3, -0.25) is 14.6 Å². The Balaban J connectivity index is 1.67. The number of rotatable bonds is 6. The van der Waals surface area contributed by atoms with Crippen LogP contribution in [0.3, 0.4) is 0 Å². The smallest absolute Gasteiger partial charge is 0.325 e. The molecule has 1 fully saturated rings. The number of ether oxygens (including phenoxy) is 2. The van der Waals surface area contributed by atoms with Crippen LogP contribution in [0.5, 0.6) is 0 Å². The lowest BCUT2D eigenvalue weighted by Crippen LogP contribution is -2.33. The fourth-order valence-electron chi connectivity index (χ4n) is 2.04. The van der Waals surface area contributed by atoms with E-state index in [4.69, 9.17) is 9.47 Å². The number of aromatic nitrogens is 2. The van der Waals surface area contributed by atoms with Gasteiger partial charge in [-0.25, -0.2) is 4.79 Å². The largest absolute Gasteiger partial charge is 0.376 e. The van der Waals surface area contributed by atoms with Crippen LogP contribution in [0.4, 0.5) is 0 Å². The number of nitrogens with one attached hydrogen (secondary N) is 3. The SMILES string of the molecule is O=C(COCC1CCCCO1)NCc1c[nH]c(=O)[nH]c1=O. The Bertz CT molecular complexity index is 574. The van der Waals surface area contributed by atoms with Crippen molar-refractivity contribution in [2.45, 2.75) is 31.9 Å². The van der Waals surface area contributed by atoms with Gasteiger partial charge in [0.15, 0.2) is 0 Å². The predicted molar refractivity (Wildman–Crippen MR) is 73.9 cm³/mol. The van der Waals surface area contributed by atoms with Gasteiger partial charge in [-0.05, 0) is 19.3 Å². The molecule has 0 spiro atoms. The third-order valence-electron chi connectivity index (χ3n) is 3.18. The molecule has 0 aliphatic carbocycles. The zero-order valence-electron chi connectivity index (χ0n) is 11.6. The molecule has 0 radical (unpaired) electrons. The van der Waals surface area contributed by atoms with Crippen molar-refractivity contribution in [1.82, 2.24) is 15.3 Å². The van der Waals surface area contributed by atoms with Gasteiger partial charge >= 0.3 is 5.69 Å². The predicted octanol–water partition coefficient (Wildman–Crippen LogP) is -0.735. The number of H-pyrrole nitrogens is 2. The molecule has 8 nitrogen and oxygen atoms in total. The zero-order chi connectivity index (χ0) is 15.1. The van der Waals surface area contributed by atoms with E-state index in [0.29, 0.717) is 6.61 Å². The molecule has 21 heavy (non-hydrogen) atoms. The number of amides is 1. The van der Waals surface area contributed by atoms with Crippen molar-refractivity contribution < 1.29 is 14.3 Å². The number of carbonyl (C=O) groups excluding carboxylic acids is 1. The first-order valence-corrected chi connectivity index (χ1v) is 6.92. The van der Waals surface area contributed by atoms with Crippen LogP contribution < -0.4 is 16.6 Å². The van der Waals surface area contributed by atoms with Crippen LogP contribution in [-0.4, -0.2) is 41.8 Å². The van der Waals surface area contributed by atoms with E-state index in [2.05, 4.69) is 15.3 Å². The minimum absolute atomic E-state index is 0.0359. The van der Waals surface area contributed by atoms with Gasteiger partial charge in [0.2, 0.25) is 5.91 Å². The second-order valence-corrected chi connectivity index (χ2v) is 4.88. The van der Waals surface area contributed by atoms with Crippen LogP contribution in [0.2, 0.25) is 0 Å². The van der Waals surface area contributed by atoms with Gasteiger partial charge in [-0.15, -0.1) is 0 Å². The molecule has 3 N–H and O–H groups in total. The molecule has 1 aromatic rings. The quantitative estimate of drug-likeness (QED) is 0.640. The van der Waals surface area contributed by atoms with Crippen molar-refractivity contribution >= 4 is 5.91 Å². The molecule has 1 atom stereocenters. The number of aromatic amines is 2. The molecule has 1 saturated heterocycles. The van der Waals surface area contributed by atoms with E-state index in [1.165, 1.54) is 6.20 Å². The molecule has 2 heterocycles. The Morgan fingerprint density at radius 3 is 3.00 bits per heavy atom. The maximum Gasteiger partial charge on any atom is 0.325 e. The average molecular weight is 297 g/mol. The highest BCUT2D eigenvalue weighted by molar-refractivity contribution is 5.77. The summed E-state index contributed by atoms with van der Waals surface area (Å²) in [5.74, 6) is -0.323. The van der Waals surface area contributed by atoms with Crippen molar-refractivity contribution in [3.05, 3.63) is 32.6 Å². The van der Waals surface area contributed by atoms with E-state index >= 15 is 0 Å². The van der Waals surface area contributed by atoms with E-state index < -0.39 is 11.2 Å². The first-order valence-electron chi connectivity index (χ1n) is 6.92. The highest BCUT2D eigenvalue weighted by Crippen LogP contribution is 2.12. The van der Waals surface area contributed by atoms with Crippen molar-refractivity contribution in [1.29, 1.82) is 0 Å². The van der Waals surface area contributed by atoms with Gasteiger partial charge < -0.3 is 19.8 Å². The molecule has 1 amide bonds. The third-order valence-corrected chi connectivity index (χ3v) is 3.18. The van der Waals surface area contributed by atoms with Crippen LogP contribution in [0.1, 0.15) is 24.8 Å². The fourth-order valence-corrected chi connectivity index (χ4v) is 2.04. The molecule has 0 aromatic carbocycles. The summed E-state index contributed by atoms with van der Waals surface area (Å²) >= 11 is 0. The monoisotopic (exact) mass is 297 g/mol. The second kappa shape index (κ2) is 7.75. The minimum atomic E-state index is -0.578. The maximum absolute atomic E-state index is 11.6. The molecular formula is C13H19N3O5. The first-order chi connectivity index (χ1) is 10.1. The molecule has 2 rings (SSSR count). The summed E-state index contributed by atoms with van der Waals surface area (Å²) in [5, 5.41) is 2.55. The Morgan fingerprint density at radius 1 is 1.43 bits per heavy atom. The van der Waals surface area contributed by atoms with Gasteiger partial charge in [0.05, 0.1) is 18.3 Å². The first kappa shape index (κ1) is 15.5. The standard InChI is InChI=1S/C13H19N3O5/c17-11(8-20-7-10-3-1-2-4-21-10)14-5-9-6-15-13(19)16-12(9)18/h6,10H,1-5,7-8H2,(H,14,17)(H2,15,16,18,19). The maximum atomic E-state index is 11.6. The molecule has 0 bridgehead atoms. The van der Waals surface area contributed by atoms with E-state index in [1.807, 2.05) is 0 Å². The van der Waals surface area contributed by atoms with Crippen LogP contribution in [0, 0.1) is 0 Å². The number of carbonyl (C=O) groups is 1. The van der Waals surface area contributed by atoms with Crippen LogP contribution in [0.15, 0.2) is 15.8 Å². The average Bonchev–Trinajstić information content (AvgIpc) is 2.47. The van der Waals surface area contributed by atoms with E-state index in [1.54, 1.807) is 0 Å². The lowest BCUT2D eigenvalue weighted by Gasteiger charge is -2.22. The topological polar surface area (TPSA) is 113 Å². The Kier molecular flexibility index (Phi) is 5.70. The van der Waals surface area contributed by atoms with Crippen molar-refractivity contribution in [2.24, 2.45) is 0 Å². The summed E-state index contributed by atoms with van der Waals surface area (Å²) in [7, 11) is 0. The number of hydrogen-bond acceptors (Lipinski definition) is 5. The highest BCUT2D eigenvalue weighted by Gasteiger charge is 2.14. The summed E-state index contributed by atoms with van der Waals surface area (Å²) in [5.41, 5.74) is -0.819. The Morgan fingerprint density at radius 2 is 2.29 bits per heavy atom. The summed E-state index contributed by atoms with van der Waals surface area (Å²) in [6.45, 7) is 1.09. The summed E-state index contributed by atoms with van der Waals surface area (Å²) in [6.07, 6.45) is 4.49. The Labute approximate surface area is 120 Å². The van der Waals surface area contributed by atoms with Crippen molar-refractivity contribution in [2.75, 3.05) is 19.8 Å². The lowest BCUT2D eigenvalue weighted by molar-refractivity contribution is -0.128. The van der Waals surface area contributed by atoms with Crippen molar-refractivity contribution in [3.63, 3.8) is 0 Å². The van der Waals surface area contributed by atoms with Crippen LogP contribution >= 0.6 is 0 Å². The molecule has 1 unspecified atom stereocenters. The third kappa shape index (κ3) is 5.16. The van der Waals surface area contributed by atoms with Gasteiger partial charge in [0.25, 0.3) is 5.56 Å². The van der Waals surface area contributed by atoms with E-state index in [0.717, 1.165) is 25.9 Å². The summed E-state index contributed by atoms with van der Waals surface area (Å²) < 4.78 is 10.8. The summed E-state index contributed by atoms with van der Waals surface area (Å²) in [4.78, 5) is 38.2. The van der Waals surface area contributed by atoms with Gasteiger partial charge in [0.1, 0.15) is 6.61 Å².